The summed E-state index contributed by atoms with van der Waals surface area (Å²) >= 11 is 0. The van der Waals surface area contributed by atoms with Gasteiger partial charge in [0.15, 0.2) is 0 Å². The molecule has 2 rings (SSSR count). The first-order valence-electron chi connectivity index (χ1n) is 7.58. The van der Waals surface area contributed by atoms with E-state index >= 15 is 4.39 Å². The van der Waals surface area contributed by atoms with E-state index in [2.05, 4.69) is 0 Å². The topological polar surface area (TPSA) is 88.5 Å². The van der Waals surface area contributed by atoms with Crippen molar-refractivity contribution in [3.05, 3.63) is 60.7 Å². The number of halogens is 1. The molecule has 5 nitrogen and oxygen atoms in total. The second-order valence-electron chi connectivity index (χ2n) is 5.63. The van der Waals surface area contributed by atoms with Crippen molar-refractivity contribution in [1.29, 1.82) is 0 Å². The van der Waals surface area contributed by atoms with Gasteiger partial charge in [0.25, 0.3) is 0 Å². The molecular weight excluding hydrogens is 367 g/mol. The maximum Gasteiger partial charge on any atom is 0.320 e. The van der Waals surface area contributed by atoms with Gasteiger partial charge in [-0.3, -0.25) is 0 Å². The molecule has 0 fully saturated rings. The Morgan fingerprint density at radius 2 is 1.24 bits per heavy atom. The first-order valence-corrected chi connectivity index (χ1v) is 10.6. The molecule has 0 aliphatic rings. The average Bonchev–Trinajstić information content (AvgIpc) is 2.62. The maximum absolute atomic E-state index is 16.0. The molecule has 2 aromatic rings. The van der Waals surface area contributed by atoms with Gasteiger partial charge in [0.1, 0.15) is 0 Å². The van der Waals surface area contributed by atoms with Crippen LogP contribution in [0.1, 0.15) is 13.3 Å². The standard InChI is InChI=1S/C17H19FO5S2/c1-14(12-13-19)17(18,24(20,21)15-8-4-2-5-9-15)25(22,23)16-10-6-3-7-11-16/h2-11,14,19H,12-13H2,1H3/t14-/m1/s1. The fourth-order valence-corrected chi connectivity index (χ4v) is 7.26. The van der Waals surface area contributed by atoms with Crippen molar-refractivity contribution in [2.45, 2.75) is 27.5 Å². The highest BCUT2D eigenvalue weighted by molar-refractivity contribution is 8.10. The minimum atomic E-state index is -4.89. The zero-order chi connectivity index (χ0) is 18.7. The molecule has 25 heavy (non-hydrogen) atoms. The van der Waals surface area contributed by atoms with Crippen molar-refractivity contribution >= 4 is 19.7 Å². The summed E-state index contributed by atoms with van der Waals surface area (Å²) < 4.78 is 64.2. The molecule has 0 radical (unpaired) electrons. The van der Waals surface area contributed by atoms with Crippen molar-refractivity contribution in [2.24, 2.45) is 5.92 Å². The second-order valence-corrected chi connectivity index (χ2v) is 10.0. The predicted octanol–water partition coefficient (Wildman–Crippen LogP) is 2.58. The highest BCUT2D eigenvalue weighted by Gasteiger charge is 2.60. The van der Waals surface area contributed by atoms with Gasteiger partial charge in [-0.2, -0.15) is 0 Å². The second kappa shape index (κ2) is 7.23. The summed E-state index contributed by atoms with van der Waals surface area (Å²) in [6.45, 7) is 0.624. The van der Waals surface area contributed by atoms with Crippen LogP contribution in [0.25, 0.3) is 0 Å². The molecular formula is C17H19FO5S2. The van der Waals surface area contributed by atoms with Crippen LogP contribution in [-0.4, -0.2) is 32.9 Å². The zero-order valence-electron chi connectivity index (χ0n) is 13.5. The largest absolute Gasteiger partial charge is 0.396 e. The van der Waals surface area contributed by atoms with E-state index in [9.17, 15) is 16.8 Å². The van der Waals surface area contributed by atoms with E-state index in [1.165, 1.54) is 24.3 Å². The fraction of sp³-hybridized carbons (Fsp3) is 0.294. The van der Waals surface area contributed by atoms with Crippen LogP contribution in [0.15, 0.2) is 70.5 Å². The van der Waals surface area contributed by atoms with Crippen molar-refractivity contribution < 1.29 is 26.3 Å². The van der Waals surface area contributed by atoms with Gasteiger partial charge in [0.05, 0.1) is 9.79 Å². The summed E-state index contributed by atoms with van der Waals surface area (Å²) in [5, 5.41) is 9.12. The predicted molar refractivity (Wildman–Crippen MR) is 92.0 cm³/mol. The van der Waals surface area contributed by atoms with Crippen LogP contribution in [0, 0.1) is 5.92 Å². The Labute approximate surface area is 147 Å². The SMILES string of the molecule is C[C@H](CCO)C(F)(S(=O)(=O)c1ccccc1)S(=O)(=O)c1ccccc1. The van der Waals surface area contributed by atoms with Crippen LogP contribution < -0.4 is 0 Å². The number of benzene rings is 2. The molecule has 1 N–H and O–H groups in total. The minimum Gasteiger partial charge on any atom is -0.396 e. The molecule has 0 aromatic heterocycles. The summed E-state index contributed by atoms with van der Waals surface area (Å²) in [6, 6.07) is 13.2. The molecule has 0 bridgehead atoms. The van der Waals surface area contributed by atoms with Crippen molar-refractivity contribution in [3.8, 4) is 0 Å². The third kappa shape index (κ3) is 3.21. The highest BCUT2D eigenvalue weighted by Crippen LogP contribution is 2.43. The molecule has 0 heterocycles. The van der Waals surface area contributed by atoms with Crippen molar-refractivity contribution in [1.82, 2.24) is 0 Å². The van der Waals surface area contributed by atoms with Gasteiger partial charge in [0, 0.05) is 12.5 Å². The number of rotatable bonds is 7. The third-order valence-electron chi connectivity index (χ3n) is 3.99. The lowest BCUT2D eigenvalue weighted by Gasteiger charge is -2.30. The minimum absolute atomic E-state index is 0.325. The first-order chi connectivity index (χ1) is 11.7. The van der Waals surface area contributed by atoms with Crippen LogP contribution in [-0.2, 0) is 19.7 Å². The maximum atomic E-state index is 16.0. The van der Waals surface area contributed by atoms with Crippen LogP contribution >= 0.6 is 0 Å². The van der Waals surface area contributed by atoms with E-state index in [-0.39, 0.29) is 6.42 Å². The molecule has 0 aliphatic heterocycles. The Kier molecular flexibility index (Phi) is 5.65. The molecule has 0 amide bonds. The highest BCUT2D eigenvalue weighted by atomic mass is 32.3. The van der Waals surface area contributed by atoms with Gasteiger partial charge in [-0.1, -0.05) is 43.3 Å². The number of sulfone groups is 2. The quantitative estimate of drug-likeness (QED) is 0.790. The third-order valence-corrected chi connectivity index (χ3v) is 9.36. The summed E-state index contributed by atoms with van der Waals surface area (Å²) in [7, 11) is -9.79. The molecule has 0 saturated carbocycles. The lowest BCUT2D eigenvalue weighted by Crippen LogP contribution is -2.48. The number of hydrogen-bond donors (Lipinski definition) is 1. The van der Waals surface area contributed by atoms with Crippen molar-refractivity contribution in [2.75, 3.05) is 6.61 Å². The molecule has 0 unspecified atom stereocenters. The molecule has 0 spiro atoms. The molecule has 0 saturated heterocycles. The summed E-state index contributed by atoms with van der Waals surface area (Å²) in [4.78, 5) is -0.858. The summed E-state index contributed by atoms with van der Waals surface area (Å²) in [5.41, 5.74) is 0. The van der Waals surface area contributed by atoms with E-state index in [4.69, 9.17) is 5.11 Å². The first kappa shape index (κ1) is 19.6. The van der Waals surface area contributed by atoms with Crippen LogP contribution in [0.5, 0.6) is 0 Å². The number of alkyl halides is 1. The van der Waals surface area contributed by atoms with Gasteiger partial charge in [-0.15, -0.1) is 0 Å². The molecule has 0 aliphatic carbocycles. The molecule has 136 valence electrons. The van der Waals surface area contributed by atoms with Gasteiger partial charge in [0.2, 0.25) is 19.7 Å². The van der Waals surface area contributed by atoms with E-state index in [1.807, 2.05) is 0 Å². The van der Waals surface area contributed by atoms with Crippen LogP contribution in [0.2, 0.25) is 0 Å². The summed E-state index contributed by atoms with van der Waals surface area (Å²) in [5.74, 6) is -1.48. The van der Waals surface area contributed by atoms with E-state index in [0.717, 1.165) is 31.2 Å². The monoisotopic (exact) mass is 386 g/mol. The summed E-state index contributed by atoms with van der Waals surface area (Å²) in [6.07, 6.45) is -0.325. The molecule has 2 aromatic carbocycles. The van der Waals surface area contributed by atoms with Crippen molar-refractivity contribution in [3.63, 3.8) is 0 Å². The lowest BCUT2D eigenvalue weighted by atomic mass is 10.1. The van der Waals surface area contributed by atoms with Gasteiger partial charge >= 0.3 is 4.33 Å². The Hall–Kier alpha value is -1.77. The van der Waals surface area contributed by atoms with Crippen LogP contribution in [0.3, 0.4) is 0 Å². The number of aliphatic hydroxyl groups excluding tert-OH is 1. The normalized spacial score (nSPS) is 14.2. The number of hydrogen-bond acceptors (Lipinski definition) is 5. The smallest absolute Gasteiger partial charge is 0.320 e. The van der Waals surface area contributed by atoms with Gasteiger partial charge in [-0.25, -0.2) is 21.2 Å². The van der Waals surface area contributed by atoms with E-state index < -0.39 is 46.3 Å². The fourth-order valence-electron chi connectivity index (χ4n) is 2.56. The van der Waals surface area contributed by atoms with E-state index in [0.29, 0.717) is 0 Å². The Morgan fingerprint density at radius 3 is 1.56 bits per heavy atom. The Balaban J connectivity index is 2.76. The van der Waals surface area contributed by atoms with Crippen LogP contribution in [0.4, 0.5) is 4.39 Å². The van der Waals surface area contributed by atoms with E-state index in [1.54, 1.807) is 12.1 Å². The molecule has 8 heteroatoms. The Morgan fingerprint density at radius 1 is 0.880 bits per heavy atom. The van der Waals surface area contributed by atoms with Gasteiger partial charge in [-0.05, 0) is 30.7 Å². The Bertz CT molecular complexity index is 841. The average molecular weight is 386 g/mol. The lowest BCUT2D eigenvalue weighted by molar-refractivity contribution is 0.204. The van der Waals surface area contributed by atoms with Gasteiger partial charge < -0.3 is 5.11 Å². The number of aliphatic hydroxyl groups is 1. The molecule has 1 atom stereocenters. The zero-order valence-corrected chi connectivity index (χ0v) is 15.2.